The highest BCUT2D eigenvalue weighted by atomic mass is 19.1. The molecule has 37 heavy (non-hydrogen) atoms. The number of aryl methyl sites for hydroxylation is 1. The molecule has 2 atom stereocenters. The van der Waals surface area contributed by atoms with E-state index in [1.807, 2.05) is 0 Å². The molecule has 0 unspecified atom stereocenters. The van der Waals surface area contributed by atoms with Crippen LogP contribution in [0, 0.1) is 11.7 Å². The standard InChI is InChI=1S/C26H32FN5O5/c1-3-37-26(36)19-6-4-11-31(16-19)24(34)17(2)28-23(33)21-14-22-25(35)30(12-5-13-32(22)29-21)15-18-7-9-20(27)10-8-18/h7-10,14,17,19H,3-6,11-13,15-16H2,1-2H3,(H,28,33)/t17-,19+/m0/s1. The van der Waals surface area contributed by atoms with Crippen LogP contribution in [0.4, 0.5) is 4.39 Å². The molecule has 1 aromatic carbocycles. The average molecular weight is 514 g/mol. The number of esters is 1. The Kier molecular flexibility index (Phi) is 8.20. The molecule has 0 saturated carbocycles. The fraction of sp³-hybridized carbons (Fsp3) is 0.500. The molecule has 1 fully saturated rings. The van der Waals surface area contributed by atoms with Gasteiger partial charge in [0.15, 0.2) is 5.69 Å². The van der Waals surface area contributed by atoms with Gasteiger partial charge >= 0.3 is 5.97 Å². The number of carbonyl (C=O) groups excluding carboxylic acids is 4. The van der Waals surface area contributed by atoms with Crippen molar-refractivity contribution in [2.45, 2.75) is 52.2 Å². The Labute approximate surface area is 214 Å². The van der Waals surface area contributed by atoms with Crippen LogP contribution in [0.25, 0.3) is 0 Å². The first-order chi connectivity index (χ1) is 17.8. The number of amides is 3. The summed E-state index contributed by atoms with van der Waals surface area (Å²) in [5, 5.41) is 6.99. The van der Waals surface area contributed by atoms with Crippen LogP contribution in [0.2, 0.25) is 0 Å². The van der Waals surface area contributed by atoms with E-state index in [2.05, 4.69) is 10.4 Å². The Morgan fingerprint density at radius 2 is 1.92 bits per heavy atom. The van der Waals surface area contributed by atoms with Crippen molar-refractivity contribution in [2.24, 2.45) is 5.92 Å². The second kappa shape index (κ2) is 11.5. The van der Waals surface area contributed by atoms with E-state index in [9.17, 15) is 23.6 Å². The third-order valence-corrected chi connectivity index (χ3v) is 6.67. The van der Waals surface area contributed by atoms with Crippen LogP contribution < -0.4 is 5.32 Å². The van der Waals surface area contributed by atoms with Gasteiger partial charge in [0, 0.05) is 38.8 Å². The topological polar surface area (TPSA) is 114 Å². The van der Waals surface area contributed by atoms with Crippen LogP contribution >= 0.6 is 0 Å². The normalized spacial score (nSPS) is 18.6. The molecule has 1 aromatic heterocycles. The number of hydrogen-bond acceptors (Lipinski definition) is 6. The molecule has 3 heterocycles. The van der Waals surface area contributed by atoms with Gasteiger partial charge in [0.25, 0.3) is 11.8 Å². The largest absolute Gasteiger partial charge is 0.466 e. The molecule has 3 amide bonds. The number of rotatable bonds is 7. The summed E-state index contributed by atoms with van der Waals surface area (Å²) in [5.74, 6) is -2.13. The van der Waals surface area contributed by atoms with Crippen LogP contribution in [0.5, 0.6) is 0 Å². The summed E-state index contributed by atoms with van der Waals surface area (Å²) >= 11 is 0. The first-order valence-electron chi connectivity index (χ1n) is 12.6. The zero-order valence-corrected chi connectivity index (χ0v) is 21.1. The Morgan fingerprint density at radius 1 is 1.16 bits per heavy atom. The molecule has 2 aliphatic heterocycles. The minimum absolute atomic E-state index is 0.0506. The predicted octanol–water partition coefficient (Wildman–Crippen LogP) is 1.99. The maximum absolute atomic E-state index is 13.2. The fourth-order valence-electron chi connectivity index (χ4n) is 4.74. The predicted molar refractivity (Wildman–Crippen MR) is 131 cm³/mol. The summed E-state index contributed by atoms with van der Waals surface area (Å²) in [5.41, 5.74) is 1.14. The lowest BCUT2D eigenvalue weighted by molar-refractivity contribution is -0.151. The number of nitrogens with zero attached hydrogens (tertiary/aromatic N) is 4. The molecule has 2 aromatic rings. The molecule has 1 N–H and O–H groups in total. The summed E-state index contributed by atoms with van der Waals surface area (Å²) < 4.78 is 19.8. The summed E-state index contributed by atoms with van der Waals surface area (Å²) in [6.45, 7) is 5.68. The molecule has 10 nitrogen and oxygen atoms in total. The molecule has 0 aliphatic carbocycles. The summed E-state index contributed by atoms with van der Waals surface area (Å²) in [7, 11) is 0. The molecular formula is C26H32FN5O5. The highest BCUT2D eigenvalue weighted by Gasteiger charge is 2.32. The van der Waals surface area contributed by atoms with Crippen molar-refractivity contribution in [1.29, 1.82) is 0 Å². The maximum atomic E-state index is 13.2. The zero-order chi connectivity index (χ0) is 26.5. The molecule has 1 saturated heterocycles. The van der Waals surface area contributed by atoms with Gasteiger partial charge in [-0.05, 0) is 50.8 Å². The van der Waals surface area contributed by atoms with Gasteiger partial charge in [-0.25, -0.2) is 4.39 Å². The van der Waals surface area contributed by atoms with E-state index in [1.165, 1.54) is 22.9 Å². The second-order valence-corrected chi connectivity index (χ2v) is 9.42. The molecule has 0 spiro atoms. The number of halogens is 1. The lowest BCUT2D eigenvalue weighted by Crippen LogP contribution is -2.51. The summed E-state index contributed by atoms with van der Waals surface area (Å²) in [6.07, 6.45) is 1.99. The molecule has 198 valence electrons. The molecule has 0 bridgehead atoms. The highest BCUT2D eigenvalue weighted by Crippen LogP contribution is 2.20. The average Bonchev–Trinajstić information content (AvgIpc) is 3.27. The van der Waals surface area contributed by atoms with Crippen molar-refractivity contribution >= 4 is 23.7 Å². The maximum Gasteiger partial charge on any atom is 0.310 e. The molecule has 0 radical (unpaired) electrons. The number of ether oxygens (including phenoxy) is 1. The lowest BCUT2D eigenvalue weighted by Gasteiger charge is -2.33. The van der Waals surface area contributed by atoms with Crippen LogP contribution in [0.15, 0.2) is 30.3 Å². The van der Waals surface area contributed by atoms with Gasteiger partial charge in [0.1, 0.15) is 17.6 Å². The van der Waals surface area contributed by atoms with E-state index >= 15 is 0 Å². The van der Waals surface area contributed by atoms with Crippen LogP contribution in [0.1, 0.15) is 59.7 Å². The quantitative estimate of drug-likeness (QED) is 0.567. The van der Waals surface area contributed by atoms with Crippen LogP contribution in [-0.2, 0) is 27.4 Å². The smallest absolute Gasteiger partial charge is 0.310 e. The Hall–Kier alpha value is -3.76. The molecule has 2 aliphatic rings. The summed E-state index contributed by atoms with van der Waals surface area (Å²) in [6, 6.07) is 6.59. The number of likely N-dealkylation sites (tertiary alicyclic amines) is 1. The molecular weight excluding hydrogens is 481 g/mol. The second-order valence-electron chi connectivity index (χ2n) is 9.42. The van der Waals surface area contributed by atoms with Gasteiger partial charge in [-0.3, -0.25) is 23.9 Å². The van der Waals surface area contributed by atoms with Crippen molar-refractivity contribution in [2.75, 3.05) is 26.2 Å². The number of aromatic nitrogens is 2. The number of hydrogen-bond donors (Lipinski definition) is 1. The molecule has 4 rings (SSSR count). The van der Waals surface area contributed by atoms with E-state index < -0.39 is 11.9 Å². The van der Waals surface area contributed by atoms with Crippen molar-refractivity contribution in [3.8, 4) is 0 Å². The van der Waals surface area contributed by atoms with Crippen molar-refractivity contribution in [3.63, 3.8) is 0 Å². The van der Waals surface area contributed by atoms with Gasteiger partial charge in [0.2, 0.25) is 5.91 Å². The third-order valence-electron chi connectivity index (χ3n) is 6.67. The van der Waals surface area contributed by atoms with Gasteiger partial charge in [-0.2, -0.15) is 5.10 Å². The number of fused-ring (bicyclic) bond motifs is 1. The minimum atomic E-state index is -0.833. The summed E-state index contributed by atoms with van der Waals surface area (Å²) in [4.78, 5) is 54.4. The minimum Gasteiger partial charge on any atom is -0.466 e. The van der Waals surface area contributed by atoms with Crippen molar-refractivity contribution in [1.82, 2.24) is 24.9 Å². The first kappa shape index (κ1) is 26.3. The van der Waals surface area contributed by atoms with E-state index in [1.54, 1.807) is 35.8 Å². The van der Waals surface area contributed by atoms with E-state index in [-0.39, 0.29) is 54.1 Å². The zero-order valence-electron chi connectivity index (χ0n) is 21.1. The number of nitrogens with one attached hydrogen (secondary N) is 1. The van der Waals surface area contributed by atoms with Gasteiger partial charge in [-0.1, -0.05) is 12.1 Å². The van der Waals surface area contributed by atoms with E-state index in [0.29, 0.717) is 45.4 Å². The van der Waals surface area contributed by atoms with Crippen LogP contribution in [-0.4, -0.2) is 75.6 Å². The number of benzene rings is 1. The number of piperidine rings is 1. The Morgan fingerprint density at radius 3 is 2.65 bits per heavy atom. The molecule has 11 heteroatoms. The van der Waals surface area contributed by atoms with Gasteiger partial charge < -0.3 is 19.9 Å². The fourth-order valence-corrected chi connectivity index (χ4v) is 4.74. The SMILES string of the molecule is CCOC(=O)[C@@H]1CCCN(C(=O)[C@H](C)NC(=O)c2cc3n(n2)CCCN(Cc2ccc(F)cc2)C3=O)C1. The lowest BCUT2D eigenvalue weighted by atomic mass is 9.97. The van der Waals surface area contributed by atoms with Crippen molar-refractivity contribution < 1.29 is 28.3 Å². The van der Waals surface area contributed by atoms with Gasteiger partial charge in [0.05, 0.1) is 12.5 Å². The van der Waals surface area contributed by atoms with E-state index in [4.69, 9.17) is 4.74 Å². The van der Waals surface area contributed by atoms with Crippen molar-refractivity contribution in [3.05, 3.63) is 53.1 Å². The monoisotopic (exact) mass is 513 g/mol. The Balaban J connectivity index is 1.39. The first-order valence-corrected chi connectivity index (χ1v) is 12.6. The van der Waals surface area contributed by atoms with Gasteiger partial charge in [-0.15, -0.1) is 0 Å². The highest BCUT2D eigenvalue weighted by molar-refractivity contribution is 5.99. The third kappa shape index (κ3) is 6.15. The number of carbonyl (C=O) groups is 4. The van der Waals surface area contributed by atoms with E-state index in [0.717, 1.165) is 5.56 Å². The van der Waals surface area contributed by atoms with Crippen LogP contribution in [0.3, 0.4) is 0 Å². The Bertz CT molecular complexity index is 1160.